The van der Waals surface area contributed by atoms with E-state index in [0.717, 1.165) is 24.2 Å². The van der Waals surface area contributed by atoms with E-state index < -0.39 is 0 Å². The monoisotopic (exact) mass is 399 g/mol. The summed E-state index contributed by atoms with van der Waals surface area (Å²) in [6.07, 6.45) is 0.217. The molecule has 0 saturated carbocycles. The van der Waals surface area contributed by atoms with Gasteiger partial charge in [0.1, 0.15) is 0 Å². The Morgan fingerprint density at radius 2 is 1.79 bits per heavy atom. The number of carbonyl (C=O) groups is 2. The molecule has 5 nitrogen and oxygen atoms in total. The van der Waals surface area contributed by atoms with Crippen LogP contribution in [0, 0.1) is 0 Å². The first-order valence-electron chi connectivity index (χ1n) is 9.49. The Labute approximate surface area is 171 Å². The molecule has 1 heterocycles. The molecule has 0 aliphatic carbocycles. The Balaban J connectivity index is 1.80. The molecule has 28 heavy (non-hydrogen) atoms. The van der Waals surface area contributed by atoms with Gasteiger partial charge >= 0.3 is 0 Å². The van der Waals surface area contributed by atoms with Gasteiger partial charge in [-0.15, -0.1) is 0 Å². The third-order valence-corrected chi connectivity index (χ3v) is 5.37. The van der Waals surface area contributed by atoms with Gasteiger partial charge in [-0.1, -0.05) is 54.1 Å². The third-order valence-electron chi connectivity index (χ3n) is 5.12. The van der Waals surface area contributed by atoms with E-state index in [1.807, 2.05) is 35.2 Å². The SMILES string of the molecule is CC(=O)N[C@@H](CC(=O)N1CCN(C)C[C@H]1c1ccccc1)c1ccc(Cl)cc1. The van der Waals surface area contributed by atoms with Crippen molar-refractivity contribution < 1.29 is 9.59 Å². The van der Waals surface area contributed by atoms with E-state index in [1.54, 1.807) is 12.1 Å². The average molecular weight is 400 g/mol. The smallest absolute Gasteiger partial charge is 0.225 e. The van der Waals surface area contributed by atoms with Crippen LogP contribution in [0.1, 0.15) is 36.6 Å². The number of piperazine rings is 1. The molecule has 3 rings (SSSR count). The fraction of sp³-hybridized carbons (Fsp3) is 0.364. The van der Waals surface area contributed by atoms with Crippen molar-refractivity contribution in [3.05, 3.63) is 70.7 Å². The first-order valence-corrected chi connectivity index (χ1v) is 9.87. The lowest BCUT2D eigenvalue weighted by molar-refractivity contribution is -0.137. The third kappa shape index (κ3) is 5.12. The zero-order valence-electron chi connectivity index (χ0n) is 16.3. The average Bonchev–Trinajstić information content (AvgIpc) is 2.68. The molecule has 0 aromatic heterocycles. The van der Waals surface area contributed by atoms with Crippen LogP contribution in [-0.4, -0.2) is 48.3 Å². The molecule has 148 valence electrons. The van der Waals surface area contributed by atoms with Crippen LogP contribution in [0.4, 0.5) is 0 Å². The second kappa shape index (κ2) is 9.22. The van der Waals surface area contributed by atoms with Gasteiger partial charge in [-0.25, -0.2) is 0 Å². The molecule has 1 N–H and O–H groups in total. The van der Waals surface area contributed by atoms with Gasteiger partial charge in [0.15, 0.2) is 0 Å². The first-order chi connectivity index (χ1) is 13.4. The molecule has 1 saturated heterocycles. The summed E-state index contributed by atoms with van der Waals surface area (Å²) in [5, 5.41) is 3.53. The maximum atomic E-state index is 13.3. The van der Waals surface area contributed by atoms with E-state index in [0.29, 0.717) is 11.6 Å². The van der Waals surface area contributed by atoms with E-state index in [4.69, 9.17) is 11.6 Å². The molecule has 1 aliphatic heterocycles. The van der Waals surface area contributed by atoms with E-state index in [9.17, 15) is 9.59 Å². The van der Waals surface area contributed by atoms with Crippen LogP contribution in [0.2, 0.25) is 5.02 Å². The highest BCUT2D eigenvalue weighted by atomic mass is 35.5. The van der Waals surface area contributed by atoms with E-state index in [-0.39, 0.29) is 30.3 Å². The van der Waals surface area contributed by atoms with Crippen molar-refractivity contribution in [3.8, 4) is 0 Å². The Morgan fingerprint density at radius 3 is 2.43 bits per heavy atom. The molecule has 2 amide bonds. The van der Waals surface area contributed by atoms with Crippen LogP contribution < -0.4 is 5.32 Å². The molecular formula is C22H26ClN3O2. The molecule has 0 spiro atoms. The number of nitrogens with one attached hydrogen (secondary N) is 1. The number of hydrogen-bond donors (Lipinski definition) is 1. The number of carbonyl (C=O) groups excluding carboxylic acids is 2. The quantitative estimate of drug-likeness (QED) is 0.838. The van der Waals surface area contributed by atoms with E-state index >= 15 is 0 Å². The zero-order chi connectivity index (χ0) is 20.1. The lowest BCUT2D eigenvalue weighted by Gasteiger charge is -2.41. The van der Waals surface area contributed by atoms with Crippen molar-refractivity contribution >= 4 is 23.4 Å². The summed E-state index contributed by atoms with van der Waals surface area (Å²) >= 11 is 5.98. The Hall–Kier alpha value is -2.37. The number of amides is 2. The van der Waals surface area contributed by atoms with Gasteiger partial charge in [0.2, 0.25) is 11.8 Å². The second-order valence-corrected chi connectivity index (χ2v) is 7.72. The van der Waals surface area contributed by atoms with Crippen LogP contribution in [-0.2, 0) is 9.59 Å². The summed E-state index contributed by atoms with van der Waals surface area (Å²) in [6, 6.07) is 17.0. The molecule has 1 fully saturated rings. The predicted molar refractivity (Wildman–Crippen MR) is 111 cm³/mol. The normalized spacial score (nSPS) is 18.5. The molecule has 2 atom stereocenters. The van der Waals surface area contributed by atoms with Crippen LogP contribution in [0.15, 0.2) is 54.6 Å². The number of benzene rings is 2. The number of likely N-dealkylation sites (N-methyl/N-ethyl adjacent to an activating group) is 1. The van der Waals surface area contributed by atoms with Crippen molar-refractivity contribution in [2.24, 2.45) is 0 Å². The minimum Gasteiger partial charge on any atom is -0.349 e. The molecule has 0 radical (unpaired) electrons. The molecule has 2 aromatic rings. The Kier molecular flexibility index (Phi) is 6.70. The number of hydrogen-bond acceptors (Lipinski definition) is 3. The van der Waals surface area contributed by atoms with Crippen molar-refractivity contribution in [3.63, 3.8) is 0 Å². The number of halogens is 1. The molecule has 0 bridgehead atoms. The molecule has 0 unspecified atom stereocenters. The van der Waals surface area contributed by atoms with E-state index in [2.05, 4.69) is 29.4 Å². The topological polar surface area (TPSA) is 52.7 Å². The van der Waals surface area contributed by atoms with Crippen molar-refractivity contribution in [1.29, 1.82) is 0 Å². The van der Waals surface area contributed by atoms with Gasteiger partial charge in [0.25, 0.3) is 0 Å². The van der Waals surface area contributed by atoms with Gasteiger partial charge in [0, 0.05) is 31.6 Å². The molecule has 6 heteroatoms. The van der Waals surface area contributed by atoms with Crippen LogP contribution in [0.3, 0.4) is 0 Å². The highest BCUT2D eigenvalue weighted by Gasteiger charge is 2.31. The summed E-state index contributed by atoms with van der Waals surface area (Å²) in [5.74, 6) is -0.124. The fourth-order valence-corrected chi connectivity index (χ4v) is 3.79. The summed E-state index contributed by atoms with van der Waals surface area (Å²) < 4.78 is 0. The van der Waals surface area contributed by atoms with Crippen LogP contribution in [0.25, 0.3) is 0 Å². The van der Waals surface area contributed by atoms with Gasteiger partial charge in [-0.2, -0.15) is 0 Å². The predicted octanol–water partition coefficient (Wildman–Crippen LogP) is 3.42. The molecular weight excluding hydrogens is 374 g/mol. The summed E-state index contributed by atoms with van der Waals surface area (Å²) in [4.78, 5) is 29.1. The van der Waals surface area contributed by atoms with Crippen molar-refractivity contribution in [2.45, 2.75) is 25.4 Å². The minimum atomic E-state index is -0.377. The fourth-order valence-electron chi connectivity index (χ4n) is 3.66. The highest BCUT2D eigenvalue weighted by Crippen LogP contribution is 2.28. The Morgan fingerprint density at radius 1 is 1.11 bits per heavy atom. The van der Waals surface area contributed by atoms with Gasteiger partial charge in [-0.3, -0.25) is 9.59 Å². The first kappa shape index (κ1) is 20.4. The van der Waals surface area contributed by atoms with Crippen LogP contribution >= 0.6 is 11.6 Å². The maximum absolute atomic E-state index is 13.3. The molecule has 1 aliphatic rings. The summed E-state index contributed by atoms with van der Waals surface area (Å²) in [6.45, 7) is 3.76. The standard InChI is InChI=1S/C22H26ClN3O2/c1-16(27)24-20(17-8-10-19(23)11-9-17)14-22(28)26-13-12-25(2)15-21(26)18-6-4-3-5-7-18/h3-11,20-21H,12-15H2,1-2H3,(H,24,27)/t20-,21-/m0/s1. The number of rotatable bonds is 5. The van der Waals surface area contributed by atoms with Crippen molar-refractivity contribution in [2.75, 3.05) is 26.7 Å². The number of nitrogens with zero attached hydrogens (tertiary/aromatic N) is 2. The second-order valence-electron chi connectivity index (χ2n) is 7.28. The van der Waals surface area contributed by atoms with Gasteiger partial charge in [0.05, 0.1) is 18.5 Å². The van der Waals surface area contributed by atoms with Gasteiger partial charge in [-0.05, 0) is 30.3 Å². The minimum absolute atomic E-state index is 0.00986. The largest absolute Gasteiger partial charge is 0.349 e. The van der Waals surface area contributed by atoms with E-state index in [1.165, 1.54) is 6.92 Å². The van der Waals surface area contributed by atoms with Crippen LogP contribution in [0.5, 0.6) is 0 Å². The summed E-state index contributed by atoms with van der Waals surface area (Å²) in [7, 11) is 2.07. The Bertz CT molecular complexity index is 810. The highest BCUT2D eigenvalue weighted by molar-refractivity contribution is 6.30. The van der Waals surface area contributed by atoms with Gasteiger partial charge < -0.3 is 15.1 Å². The molecule has 2 aromatic carbocycles. The van der Waals surface area contributed by atoms with Crippen molar-refractivity contribution in [1.82, 2.24) is 15.1 Å². The summed E-state index contributed by atoms with van der Waals surface area (Å²) in [5.41, 5.74) is 2.00. The lowest BCUT2D eigenvalue weighted by Crippen LogP contribution is -2.50. The maximum Gasteiger partial charge on any atom is 0.225 e. The lowest BCUT2D eigenvalue weighted by atomic mass is 9.99. The zero-order valence-corrected chi connectivity index (χ0v) is 17.0.